The molecule has 1 aromatic heterocycles. The second-order valence-electron chi connectivity index (χ2n) is 12.5. The predicted molar refractivity (Wildman–Crippen MR) is 185 cm³/mol. The number of imidazole rings is 1. The van der Waals surface area contributed by atoms with Gasteiger partial charge in [-0.05, 0) is 61.9 Å². The van der Waals surface area contributed by atoms with E-state index in [9.17, 15) is 14.4 Å². The van der Waals surface area contributed by atoms with Crippen LogP contribution in [0, 0.1) is 5.41 Å². The molecule has 0 spiro atoms. The topological polar surface area (TPSA) is 156 Å². The number of nitrogen functional groups attached to an aromatic ring is 1. The highest BCUT2D eigenvalue weighted by molar-refractivity contribution is 6.00. The Hall–Kier alpha value is -5.07. The molecule has 0 aliphatic carbocycles. The van der Waals surface area contributed by atoms with Crippen LogP contribution in [0.3, 0.4) is 0 Å². The van der Waals surface area contributed by atoms with Crippen molar-refractivity contribution >= 4 is 34.8 Å². The van der Waals surface area contributed by atoms with Crippen LogP contribution in [0.15, 0.2) is 72.8 Å². The highest BCUT2D eigenvalue weighted by Crippen LogP contribution is 2.26. The molecule has 1 atom stereocenters. The van der Waals surface area contributed by atoms with E-state index in [1.54, 1.807) is 0 Å². The number of fused-ring (bicyclic) bond motifs is 1. The van der Waals surface area contributed by atoms with Gasteiger partial charge >= 0.3 is 6.09 Å². The summed E-state index contributed by atoms with van der Waals surface area (Å²) in [6, 6.07) is 22.5. The largest absolute Gasteiger partial charge is 0.435 e. The van der Waals surface area contributed by atoms with Crippen molar-refractivity contribution in [3.8, 4) is 0 Å². The highest BCUT2D eigenvalue weighted by Gasteiger charge is 2.45. The molecule has 6 rings (SSSR count). The van der Waals surface area contributed by atoms with Gasteiger partial charge in [-0.2, -0.15) is 0 Å². The van der Waals surface area contributed by atoms with Crippen molar-refractivity contribution in [3.63, 3.8) is 0 Å². The number of nitrogens with two attached hydrogens (primary N) is 1. The summed E-state index contributed by atoms with van der Waals surface area (Å²) in [4.78, 5) is 45.4. The first-order chi connectivity index (χ1) is 23.8. The van der Waals surface area contributed by atoms with Crippen molar-refractivity contribution in [2.75, 3.05) is 26.3 Å². The SMILES string of the molecule is CCOCCCn1c(CCc2ccc(C(=N)N)cc2)nc2cc(C(=O)NN3CCC(N4C(=O)OC(Cc5ccccc5)C4=O)CC3)ccc21. The van der Waals surface area contributed by atoms with Gasteiger partial charge in [0.25, 0.3) is 11.8 Å². The Bertz CT molecular complexity index is 1800. The number of nitrogens with zero attached hydrogens (tertiary/aromatic N) is 4. The quantitative estimate of drug-likeness (QED) is 0.103. The molecule has 4 N–H and O–H groups in total. The van der Waals surface area contributed by atoms with E-state index in [0.717, 1.165) is 47.4 Å². The van der Waals surface area contributed by atoms with E-state index in [0.29, 0.717) is 63.1 Å². The number of amides is 3. The molecule has 3 heterocycles. The molecular weight excluding hydrogens is 622 g/mol. The first-order valence-corrected chi connectivity index (χ1v) is 16.9. The molecule has 4 aromatic rings. The Labute approximate surface area is 285 Å². The number of carbonyl (C=O) groups excluding carboxylic acids is 3. The molecule has 12 heteroatoms. The Morgan fingerprint density at radius 2 is 1.73 bits per heavy atom. The molecule has 256 valence electrons. The van der Waals surface area contributed by atoms with Crippen LogP contribution in [-0.2, 0) is 40.1 Å². The summed E-state index contributed by atoms with van der Waals surface area (Å²) < 4.78 is 13.2. The number of rotatable bonds is 14. The summed E-state index contributed by atoms with van der Waals surface area (Å²) >= 11 is 0. The number of hydrogen-bond donors (Lipinski definition) is 3. The first-order valence-electron chi connectivity index (χ1n) is 16.9. The fourth-order valence-corrected chi connectivity index (χ4v) is 6.54. The van der Waals surface area contributed by atoms with Crippen LogP contribution < -0.4 is 11.2 Å². The second kappa shape index (κ2) is 15.4. The smallest absolute Gasteiger partial charge is 0.417 e. The van der Waals surface area contributed by atoms with E-state index < -0.39 is 12.2 Å². The minimum atomic E-state index is -0.810. The van der Waals surface area contributed by atoms with Crippen LogP contribution in [-0.4, -0.2) is 81.7 Å². The zero-order chi connectivity index (χ0) is 34.3. The van der Waals surface area contributed by atoms with Gasteiger partial charge in [0, 0.05) is 62.9 Å². The molecule has 0 bridgehead atoms. The monoisotopic (exact) mass is 665 g/mol. The van der Waals surface area contributed by atoms with E-state index in [1.807, 2.05) is 84.7 Å². The van der Waals surface area contributed by atoms with E-state index in [2.05, 4.69) is 9.99 Å². The van der Waals surface area contributed by atoms with Crippen LogP contribution in [0.25, 0.3) is 11.0 Å². The first kappa shape index (κ1) is 33.8. The maximum atomic E-state index is 13.4. The third-order valence-electron chi connectivity index (χ3n) is 9.17. The van der Waals surface area contributed by atoms with Gasteiger partial charge in [0.15, 0.2) is 6.10 Å². The minimum Gasteiger partial charge on any atom is -0.435 e. The third-order valence-corrected chi connectivity index (χ3v) is 9.17. The maximum absolute atomic E-state index is 13.4. The lowest BCUT2D eigenvalue weighted by molar-refractivity contribution is -0.131. The average Bonchev–Trinajstić information content (AvgIpc) is 3.60. The van der Waals surface area contributed by atoms with E-state index in [1.165, 1.54) is 4.90 Å². The van der Waals surface area contributed by atoms with Gasteiger partial charge in [0.2, 0.25) is 0 Å². The van der Waals surface area contributed by atoms with Crippen LogP contribution in [0.4, 0.5) is 4.79 Å². The number of ether oxygens (including phenoxy) is 2. The number of aromatic nitrogens is 2. The van der Waals surface area contributed by atoms with Gasteiger partial charge in [-0.15, -0.1) is 0 Å². The summed E-state index contributed by atoms with van der Waals surface area (Å²) in [6.07, 6.45) is 2.33. The lowest BCUT2D eigenvalue weighted by Crippen LogP contribution is -2.52. The molecule has 12 nitrogen and oxygen atoms in total. The molecule has 3 aromatic carbocycles. The van der Waals surface area contributed by atoms with E-state index in [-0.39, 0.29) is 23.7 Å². The number of benzene rings is 3. The second-order valence-corrected chi connectivity index (χ2v) is 12.5. The van der Waals surface area contributed by atoms with Crippen LogP contribution in [0.1, 0.15) is 59.1 Å². The summed E-state index contributed by atoms with van der Waals surface area (Å²) in [5.41, 5.74) is 13.6. The average molecular weight is 666 g/mol. The number of piperidine rings is 1. The van der Waals surface area contributed by atoms with Crippen LogP contribution >= 0.6 is 0 Å². The van der Waals surface area contributed by atoms with E-state index >= 15 is 0 Å². The molecular formula is C37H43N7O5. The fraction of sp³-hybridized carbons (Fsp3) is 0.378. The standard InChI is InChI=1S/C37H43N7O5/c1-2-48-22-6-19-43-31-15-14-28(24-30(31)40-33(43)16-11-25-9-12-27(13-10-25)34(38)39)35(45)41-42-20-17-29(18-21-42)44-36(46)32(49-37(44)47)23-26-7-4-3-5-8-26/h3-5,7-10,12-15,24,29,32H,2,6,11,16-23H2,1H3,(H3,38,39)(H,41,45). The predicted octanol–water partition coefficient (Wildman–Crippen LogP) is 4.23. The number of cyclic esters (lactones) is 1. The van der Waals surface area contributed by atoms with Crippen molar-refractivity contribution in [2.24, 2.45) is 5.73 Å². The Morgan fingerprint density at radius 3 is 2.45 bits per heavy atom. The number of hydrogen-bond acceptors (Lipinski definition) is 8. The molecule has 49 heavy (non-hydrogen) atoms. The molecule has 2 fully saturated rings. The van der Waals surface area contributed by atoms with Gasteiger partial charge < -0.3 is 19.8 Å². The number of hydrazine groups is 1. The molecule has 3 amide bonds. The van der Waals surface area contributed by atoms with Crippen molar-refractivity contribution in [2.45, 2.75) is 64.1 Å². The molecule has 2 aliphatic rings. The summed E-state index contributed by atoms with van der Waals surface area (Å²) in [5.74, 6) is 0.443. The number of carbonyl (C=O) groups is 3. The zero-order valence-electron chi connectivity index (χ0n) is 27.8. The Morgan fingerprint density at radius 1 is 1.00 bits per heavy atom. The van der Waals surface area contributed by atoms with Crippen molar-refractivity contribution in [3.05, 3.63) is 101 Å². The highest BCUT2D eigenvalue weighted by atomic mass is 16.6. The van der Waals surface area contributed by atoms with Crippen molar-refractivity contribution in [1.29, 1.82) is 5.41 Å². The lowest BCUT2D eigenvalue weighted by atomic mass is 10.0. The maximum Gasteiger partial charge on any atom is 0.417 e. The number of amidine groups is 1. The van der Waals surface area contributed by atoms with Gasteiger partial charge in [-0.1, -0.05) is 54.6 Å². The van der Waals surface area contributed by atoms with Gasteiger partial charge in [-0.25, -0.2) is 19.7 Å². The third kappa shape index (κ3) is 7.98. The molecule has 1 unspecified atom stereocenters. The molecule has 2 aliphatic heterocycles. The summed E-state index contributed by atoms with van der Waals surface area (Å²) in [6.45, 7) is 5.03. The van der Waals surface area contributed by atoms with Gasteiger partial charge in [0.05, 0.1) is 11.0 Å². The normalized spacial score (nSPS) is 17.1. The van der Waals surface area contributed by atoms with Gasteiger partial charge in [0.1, 0.15) is 11.7 Å². The van der Waals surface area contributed by atoms with Crippen LogP contribution in [0.5, 0.6) is 0 Å². The van der Waals surface area contributed by atoms with Crippen molar-refractivity contribution < 1.29 is 23.9 Å². The summed E-state index contributed by atoms with van der Waals surface area (Å²) in [7, 11) is 0. The number of aryl methyl sites for hydroxylation is 3. The van der Waals surface area contributed by atoms with Gasteiger partial charge in [-0.3, -0.25) is 20.4 Å². The number of imide groups is 1. The Balaban J connectivity index is 1.07. The molecule has 0 saturated carbocycles. The summed E-state index contributed by atoms with van der Waals surface area (Å²) in [5, 5.41) is 9.47. The zero-order valence-corrected chi connectivity index (χ0v) is 27.8. The number of nitrogens with one attached hydrogen (secondary N) is 2. The molecule has 2 saturated heterocycles. The van der Waals surface area contributed by atoms with E-state index in [4.69, 9.17) is 25.6 Å². The lowest BCUT2D eigenvalue weighted by Gasteiger charge is -2.34. The minimum absolute atomic E-state index is 0.0463. The molecule has 0 radical (unpaired) electrons. The Kier molecular flexibility index (Phi) is 10.7. The fourth-order valence-electron chi connectivity index (χ4n) is 6.54. The van der Waals surface area contributed by atoms with Crippen LogP contribution in [0.2, 0.25) is 0 Å². The van der Waals surface area contributed by atoms with Crippen molar-refractivity contribution in [1.82, 2.24) is 24.9 Å².